The fourth-order valence-corrected chi connectivity index (χ4v) is 1.53. The second kappa shape index (κ2) is 6.99. The van der Waals surface area contributed by atoms with Crippen LogP contribution in [0.5, 0.6) is 5.75 Å². The highest BCUT2D eigenvalue weighted by atomic mass is 16.5. The predicted molar refractivity (Wildman–Crippen MR) is 75.8 cm³/mol. The van der Waals surface area contributed by atoms with E-state index >= 15 is 0 Å². The molecule has 1 aromatic rings. The largest absolute Gasteiger partial charge is 0.485 e. The Morgan fingerprint density at radius 1 is 1.42 bits per heavy atom. The molecule has 1 atom stereocenters. The molecule has 0 spiro atoms. The summed E-state index contributed by atoms with van der Waals surface area (Å²) < 4.78 is 6.22. The van der Waals surface area contributed by atoms with Gasteiger partial charge in [0.1, 0.15) is 0 Å². The van der Waals surface area contributed by atoms with Crippen molar-refractivity contribution in [3.8, 4) is 5.75 Å². The van der Waals surface area contributed by atoms with Gasteiger partial charge in [0.2, 0.25) is 5.43 Å². The maximum absolute atomic E-state index is 12.1. The van der Waals surface area contributed by atoms with E-state index in [2.05, 4.69) is 5.32 Å². The zero-order chi connectivity index (χ0) is 14.4. The van der Waals surface area contributed by atoms with Gasteiger partial charge in [-0.1, -0.05) is 12.2 Å². The first-order valence-corrected chi connectivity index (χ1v) is 6.40. The van der Waals surface area contributed by atoms with E-state index in [0.717, 1.165) is 11.2 Å². The second-order valence-electron chi connectivity index (χ2n) is 4.78. The Labute approximate surface area is 113 Å². The summed E-state index contributed by atoms with van der Waals surface area (Å²) in [6.07, 6.45) is 6.94. The number of nitrogens with zero attached hydrogens (tertiary/aromatic N) is 1. The Balaban J connectivity index is 2.95. The Morgan fingerprint density at radius 2 is 2.11 bits per heavy atom. The number of hydrogen-bond acceptors (Lipinski definition) is 4. The molecule has 0 bridgehead atoms. The van der Waals surface area contributed by atoms with Gasteiger partial charge < -0.3 is 15.3 Å². The molecule has 0 amide bonds. The van der Waals surface area contributed by atoms with Gasteiger partial charge in [0.25, 0.3) is 0 Å². The van der Waals surface area contributed by atoms with Crippen LogP contribution in [0.2, 0.25) is 0 Å². The molecule has 5 nitrogen and oxygen atoms in total. The summed E-state index contributed by atoms with van der Waals surface area (Å²) in [6.45, 7) is 5.71. The van der Waals surface area contributed by atoms with Crippen LogP contribution in [0, 0.1) is 0 Å². The van der Waals surface area contributed by atoms with Crippen molar-refractivity contribution >= 4 is 6.08 Å². The molecule has 0 aliphatic carbocycles. The Bertz CT molecular complexity index is 492. The van der Waals surface area contributed by atoms with Crippen molar-refractivity contribution in [2.75, 3.05) is 7.05 Å². The van der Waals surface area contributed by atoms with Crippen molar-refractivity contribution in [1.82, 2.24) is 10.0 Å². The van der Waals surface area contributed by atoms with Gasteiger partial charge in [-0.2, -0.15) is 4.73 Å². The summed E-state index contributed by atoms with van der Waals surface area (Å²) in [6, 6.07) is 0.336. The van der Waals surface area contributed by atoms with E-state index in [1.165, 1.54) is 12.4 Å². The SMILES string of the molecule is CNC(C)C/C=C/c1cn(O)cc(OC(C)C)c1=O. The van der Waals surface area contributed by atoms with Gasteiger partial charge in [-0.3, -0.25) is 4.79 Å². The van der Waals surface area contributed by atoms with Gasteiger partial charge >= 0.3 is 0 Å². The molecule has 1 heterocycles. The summed E-state index contributed by atoms with van der Waals surface area (Å²) in [5.41, 5.74) is 0.191. The third kappa shape index (κ3) is 4.79. The lowest BCUT2D eigenvalue weighted by molar-refractivity contribution is 0.172. The van der Waals surface area contributed by atoms with Crippen LogP contribution in [0.1, 0.15) is 32.8 Å². The molecule has 2 N–H and O–H groups in total. The number of nitrogens with one attached hydrogen (secondary N) is 1. The van der Waals surface area contributed by atoms with Gasteiger partial charge in [-0.25, -0.2) is 0 Å². The molecule has 1 aromatic heterocycles. The summed E-state index contributed by atoms with van der Waals surface area (Å²) in [4.78, 5) is 12.1. The van der Waals surface area contributed by atoms with E-state index in [1.54, 1.807) is 6.08 Å². The van der Waals surface area contributed by atoms with E-state index < -0.39 is 0 Å². The Hall–Kier alpha value is -1.75. The molecule has 106 valence electrons. The molecule has 1 unspecified atom stereocenters. The van der Waals surface area contributed by atoms with Crippen LogP contribution in [0.3, 0.4) is 0 Å². The van der Waals surface area contributed by atoms with Crippen LogP contribution in [0.25, 0.3) is 6.08 Å². The number of ether oxygens (including phenoxy) is 1. The van der Waals surface area contributed by atoms with Crippen molar-refractivity contribution < 1.29 is 9.94 Å². The van der Waals surface area contributed by atoms with Crippen LogP contribution in [0.15, 0.2) is 23.3 Å². The molecule has 0 radical (unpaired) electrons. The minimum Gasteiger partial charge on any atom is -0.485 e. The molecule has 19 heavy (non-hydrogen) atoms. The average Bonchev–Trinajstić information content (AvgIpc) is 2.33. The molecule has 1 rings (SSSR count). The summed E-state index contributed by atoms with van der Waals surface area (Å²) in [5, 5.41) is 12.6. The number of rotatable bonds is 6. The van der Waals surface area contributed by atoms with Gasteiger partial charge in [0, 0.05) is 11.6 Å². The Kier molecular flexibility index (Phi) is 5.63. The second-order valence-corrected chi connectivity index (χ2v) is 4.78. The third-order valence-electron chi connectivity index (χ3n) is 2.65. The van der Waals surface area contributed by atoms with Gasteiger partial charge in [-0.05, 0) is 34.2 Å². The van der Waals surface area contributed by atoms with Gasteiger partial charge in [0.15, 0.2) is 5.75 Å². The predicted octanol–water partition coefficient (Wildman–Crippen LogP) is 1.88. The van der Waals surface area contributed by atoms with E-state index in [1.807, 2.05) is 33.9 Å². The molecular formula is C14H22N2O3. The van der Waals surface area contributed by atoms with Crippen molar-refractivity contribution in [3.05, 3.63) is 34.3 Å². The minimum atomic E-state index is -0.215. The van der Waals surface area contributed by atoms with Crippen LogP contribution >= 0.6 is 0 Å². The lowest BCUT2D eigenvalue weighted by Gasteiger charge is -2.10. The van der Waals surface area contributed by atoms with E-state index in [-0.39, 0.29) is 17.3 Å². The van der Waals surface area contributed by atoms with Crippen LogP contribution in [0.4, 0.5) is 0 Å². The molecule has 0 fully saturated rings. The molecular weight excluding hydrogens is 244 g/mol. The monoisotopic (exact) mass is 266 g/mol. The number of pyridine rings is 1. The van der Waals surface area contributed by atoms with Crippen LogP contribution < -0.4 is 15.5 Å². The first-order chi connectivity index (χ1) is 8.93. The maximum Gasteiger partial charge on any atom is 0.230 e. The van der Waals surface area contributed by atoms with Crippen molar-refractivity contribution in [1.29, 1.82) is 0 Å². The highest BCUT2D eigenvalue weighted by Crippen LogP contribution is 2.09. The normalized spacial score (nSPS) is 13.1. The average molecular weight is 266 g/mol. The van der Waals surface area contributed by atoms with Crippen LogP contribution in [-0.2, 0) is 0 Å². The lowest BCUT2D eigenvalue weighted by atomic mass is 10.2. The lowest BCUT2D eigenvalue weighted by Crippen LogP contribution is -2.20. The van der Waals surface area contributed by atoms with E-state index in [4.69, 9.17) is 4.74 Å². The molecule has 5 heteroatoms. The highest BCUT2D eigenvalue weighted by Gasteiger charge is 2.08. The zero-order valence-electron chi connectivity index (χ0n) is 11.9. The molecule has 0 saturated heterocycles. The summed E-state index contributed by atoms with van der Waals surface area (Å²) in [5.74, 6) is 0.154. The molecule has 0 aromatic carbocycles. The number of aromatic nitrogens is 1. The van der Waals surface area contributed by atoms with E-state index in [0.29, 0.717) is 11.6 Å². The van der Waals surface area contributed by atoms with Crippen LogP contribution in [-0.4, -0.2) is 29.1 Å². The topological polar surface area (TPSA) is 63.5 Å². The smallest absolute Gasteiger partial charge is 0.230 e. The molecule has 0 aliphatic heterocycles. The standard InChI is InChI=1S/C14H22N2O3/c1-10(2)19-13-9-16(18)8-12(14(13)17)7-5-6-11(3)15-4/h5,7-11,15,18H,6H2,1-4H3/b7-5+. The van der Waals surface area contributed by atoms with Crippen molar-refractivity contribution in [2.24, 2.45) is 0 Å². The van der Waals surface area contributed by atoms with Crippen molar-refractivity contribution in [2.45, 2.75) is 39.3 Å². The minimum absolute atomic E-state index is 0.115. The summed E-state index contributed by atoms with van der Waals surface area (Å²) in [7, 11) is 1.89. The summed E-state index contributed by atoms with van der Waals surface area (Å²) >= 11 is 0. The highest BCUT2D eigenvalue weighted by molar-refractivity contribution is 5.50. The van der Waals surface area contributed by atoms with Gasteiger partial charge in [0.05, 0.1) is 18.5 Å². The first kappa shape index (κ1) is 15.3. The molecule has 0 aliphatic rings. The fourth-order valence-electron chi connectivity index (χ4n) is 1.53. The molecule has 0 saturated carbocycles. The Morgan fingerprint density at radius 3 is 2.68 bits per heavy atom. The quantitative estimate of drug-likeness (QED) is 0.772. The number of hydrogen-bond donors (Lipinski definition) is 2. The van der Waals surface area contributed by atoms with E-state index in [9.17, 15) is 10.0 Å². The zero-order valence-corrected chi connectivity index (χ0v) is 11.9. The third-order valence-corrected chi connectivity index (χ3v) is 2.65. The van der Waals surface area contributed by atoms with Gasteiger partial charge in [-0.15, -0.1) is 0 Å². The maximum atomic E-state index is 12.1. The van der Waals surface area contributed by atoms with Crippen molar-refractivity contribution in [3.63, 3.8) is 0 Å². The fraction of sp³-hybridized carbons (Fsp3) is 0.500. The first-order valence-electron chi connectivity index (χ1n) is 6.40.